The number of aliphatic imine (C=N–C) groups is 1. The summed E-state index contributed by atoms with van der Waals surface area (Å²) < 4.78 is 0. The van der Waals surface area contributed by atoms with E-state index < -0.39 is 0 Å². The molecule has 2 atom stereocenters. The number of allylic oxidation sites excluding steroid dienone is 1. The standard InChI is InChI=1S/C11H18N2/c1-7-4-10-6-12-9(3)13-11(10)5-8(7)2/h7-8H,4-6H2,1-3H3,(H,12,13). The van der Waals surface area contributed by atoms with Crippen molar-refractivity contribution in [3.63, 3.8) is 0 Å². The summed E-state index contributed by atoms with van der Waals surface area (Å²) in [4.78, 5) is 4.42. The smallest absolute Gasteiger partial charge is 0.0977 e. The summed E-state index contributed by atoms with van der Waals surface area (Å²) in [6.07, 6.45) is 2.45. The number of nitrogens with zero attached hydrogens (tertiary/aromatic N) is 1. The number of hydrogen-bond acceptors (Lipinski definition) is 2. The Kier molecular flexibility index (Phi) is 2.14. The van der Waals surface area contributed by atoms with Gasteiger partial charge in [0.25, 0.3) is 0 Å². The highest BCUT2D eigenvalue weighted by molar-refractivity contribution is 5.82. The second kappa shape index (κ2) is 3.17. The molecule has 1 aliphatic heterocycles. The molecule has 0 saturated heterocycles. The van der Waals surface area contributed by atoms with Gasteiger partial charge in [-0.05, 0) is 37.2 Å². The van der Waals surface area contributed by atoms with E-state index in [-0.39, 0.29) is 0 Å². The zero-order chi connectivity index (χ0) is 9.42. The molecule has 0 spiro atoms. The Hall–Kier alpha value is -0.790. The van der Waals surface area contributed by atoms with Crippen molar-refractivity contribution in [3.8, 4) is 0 Å². The molecule has 2 nitrogen and oxygen atoms in total. The minimum absolute atomic E-state index is 0.817. The van der Waals surface area contributed by atoms with Crippen molar-refractivity contribution in [1.82, 2.24) is 5.32 Å². The van der Waals surface area contributed by atoms with Crippen molar-refractivity contribution in [2.45, 2.75) is 33.6 Å². The van der Waals surface area contributed by atoms with Gasteiger partial charge in [0.15, 0.2) is 0 Å². The highest BCUT2D eigenvalue weighted by Gasteiger charge is 2.25. The fourth-order valence-electron chi connectivity index (χ4n) is 2.15. The van der Waals surface area contributed by atoms with E-state index in [1.807, 2.05) is 6.92 Å². The van der Waals surface area contributed by atoms with Gasteiger partial charge in [-0.3, -0.25) is 4.99 Å². The predicted octanol–water partition coefficient (Wildman–Crippen LogP) is 2.33. The lowest BCUT2D eigenvalue weighted by atomic mass is 9.79. The van der Waals surface area contributed by atoms with Crippen molar-refractivity contribution in [2.24, 2.45) is 16.8 Å². The minimum Gasteiger partial charge on any atom is -0.348 e. The number of amidine groups is 1. The summed E-state index contributed by atoms with van der Waals surface area (Å²) in [6, 6.07) is 0. The summed E-state index contributed by atoms with van der Waals surface area (Å²) in [5.74, 6) is 2.73. The van der Waals surface area contributed by atoms with Gasteiger partial charge in [-0.1, -0.05) is 13.8 Å². The first-order chi connectivity index (χ1) is 6.16. The van der Waals surface area contributed by atoms with Crippen LogP contribution in [0.1, 0.15) is 33.6 Å². The van der Waals surface area contributed by atoms with E-state index in [0.717, 1.165) is 24.2 Å². The van der Waals surface area contributed by atoms with Gasteiger partial charge >= 0.3 is 0 Å². The predicted molar refractivity (Wildman–Crippen MR) is 55.7 cm³/mol. The normalized spacial score (nSPS) is 33.6. The van der Waals surface area contributed by atoms with Crippen LogP contribution in [-0.4, -0.2) is 12.4 Å². The highest BCUT2D eigenvalue weighted by atomic mass is 15.0. The third kappa shape index (κ3) is 1.62. The number of nitrogens with one attached hydrogen (secondary N) is 1. The van der Waals surface area contributed by atoms with E-state index in [0.29, 0.717) is 0 Å². The van der Waals surface area contributed by atoms with Crippen LogP contribution >= 0.6 is 0 Å². The lowest BCUT2D eigenvalue weighted by molar-refractivity contribution is 0.350. The van der Waals surface area contributed by atoms with E-state index in [9.17, 15) is 0 Å². The van der Waals surface area contributed by atoms with Crippen LogP contribution in [0.2, 0.25) is 0 Å². The largest absolute Gasteiger partial charge is 0.348 e. The quantitative estimate of drug-likeness (QED) is 0.605. The molecule has 2 rings (SSSR count). The van der Waals surface area contributed by atoms with Gasteiger partial charge in [-0.15, -0.1) is 0 Å². The monoisotopic (exact) mass is 178 g/mol. The topological polar surface area (TPSA) is 24.4 Å². The molecule has 0 fully saturated rings. The SMILES string of the molecule is CC1=NCC2=C(CC(C)C(C)C2)N1. The number of hydrogen-bond donors (Lipinski definition) is 1. The van der Waals surface area contributed by atoms with Gasteiger partial charge in [0.2, 0.25) is 0 Å². The second-order valence-electron chi connectivity index (χ2n) is 4.47. The van der Waals surface area contributed by atoms with Crippen LogP contribution in [0.25, 0.3) is 0 Å². The lowest BCUT2D eigenvalue weighted by Crippen LogP contribution is -2.32. The van der Waals surface area contributed by atoms with Crippen molar-refractivity contribution >= 4 is 5.84 Å². The van der Waals surface area contributed by atoms with Gasteiger partial charge in [0.05, 0.1) is 12.4 Å². The average molecular weight is 178 g/mol. The molecule has 0 saturated carbocycles. The summed E-state index contributed by atoms with van der Waals surface area (Å²) in [5.41, 5.74) is 2.99. The summed E-state index contributed by atoms with van der Waals surface area (Å²) in [5, 5.41) is 3.40. The lowest BCUT2D eigenvalue weighted by Gasteiger charge is -2.32. The third-order valence-electron chi connectivity index (χ3n) is 3.33. The van der Waals surface area contributed by atoms with Gasteiger partial charge < -0.3 is 5.32 Å². The molecule has 1 aliphatic carbocycles. The van der Waals surface area contributed by atoms with Crippen LogP contribution < -0.4 is 5.32 Å². The molecule has 0 aromatic rings. The third-order valence-corrected chi connectivity index (χ3v) is 3.33. The maximum Gasteiger partial charge on any atom is 0.0977 e. The first-order valence-corrected chi connectivity index (χ1v) is 5.16. The Morgan fingerprint density at radius 2 is 1.92 bits per heavy atom. The summed E-state index contributed by atoms with van der Waals surface area (Å²) >= 11 is 0. The Labute approximate surface area is 80.1 Å². The van der Waals surface area contributed by atoms with E-state index in [2.05, 4.69) is 24.2 Å². The van der Waals surface area contributed by atoms with Crippen molar-refractivity contribution < 1.29 is 0 Å². The van der Waals surface area contributed by atoms with E-state index in [1.165, 1.54) is 24.1 Å². The molecule has 1 N–H and O–H groups in total. The van der Waals surface area contributed by atoms with E-state index in [4.69, 9.17) is 0 Å². The Balaban J connectivity index is 2.16. The van der Waals surface area contributed by atoms with Crippen LogP contribution in [0.3, 0.4) is 0 Å². The highest BCUT2D eigenvalue weighted by Crippen LogP contribution is 2.33. The van der Waals surface area contributed by atoms with Crippen LogP contribution in [0.15, 0.2) is 16.3 Å². The first kappa shape index (κ1) is 8.79. The molecule has 2 unspecified atom stereocenters. The molecule has 72 valence electrons. The molecule has 13 heavy (non-hydrogen) atoms. The fraction of sp³-hybridized carbons (Fsp3) is 0.727. The molecule has 2 heteroatoms. The van der Waals surface area contributed by atoms with E-state index >= 15 is 0 Å². The second-order valence-corrected chi connectivity index (χ2v) is 4.47. The fourth-order valence-corrected chi connectivity index (χ4v) is 2.15. The van der Waals surface area contributed by atoms with Gasteiger partial charge in [0, 0.05) is 5.70 Å². The van der Waals surface area contributed by atoms with Crippen LogP contribution in [0, 0.1) is 11.8 Å². The van der Waals surface area contributed by atoms with Crippen molar-refractivity contribution in [2.75, 3.05) is 6.54 Å². The molecular weight excluding hydrogens is 160 g/mol. The minimum atomic E-state index is 0.817. The van der Waals surface area contributed by atoms with Crippen molar-refractivity contribution in [3.05, 3.63) is 11.3 Å². The van der Waals surface area contributed by atoms with E-state index in [1.54, 1.807) is 0 Å². The molecule has 0 aromatic heterocycles. The summed E-state index contributed by atoms with van der Waals surface area (Å²) in [6.45, 7) is 7.68. The Morgan fingerprint density at radius 1 is 1.23 bits per heavy atom. The molecule has 0 aromatic carbocycles. The van der Waals surface area contributed by atoms with Gasteiger partial charge in [-0.25, -0.2) is 0 Å². The Morgan fingerprint density at radius 3 is 2.69 bits per heavy atom. The zero-order valence-electron chi connectivity index (χ0n) is 8.72. The molecular formula is C11H18N2. The van der Waals surface area contributed by atoms with Crippen molar-refractivity contribution in [1.29, 1.82) is 0 Å². The first-order valence-electron chi connectivity index (χ1n) is 5.16. The average Bonchev–Trinajstić information content (AvgIpc) is 2.08. The molecule has 0 bridgehead atoms. The number of rotatable bonds is 0. The van der Waals surface area contributed by atoms with Crippen LogP contribution in [-0.2, 0) is 0 Å². The van der Waals surface area contributed by atoms with Gasteiger partial charge in [-0.2, -0.15) is 0 Å². The zero-order valence-corrected chi connectivity index (χ0v) is 8.72. The maximum absolute atomic E-state index is 4.42. The molecule has 1 heterocycles. The van der Waals surface area contributed by atoms with Crippen LogP contribution in [0.5, 0.6) is 0 Å². The molecule has 0 radical (unpaired) electrons. The molecule has 2 aliphatic rings. The Bertz CT molecular complexity index is 276. The summed E-state index contributed by atoms with van der Waals surface area (Å²) in [7, 11) is 0. The maximum atomic E-state index is 4.42. The van der Waals surface area contributed by atoms with Gasteiger partial charge in [0.1, 0.15) is 0 Å². The van der Waals surface area contributed by atoms with Crippen LogP contribution in [0.4, 0.5) is 0 Å². The molecule has 0 amide bonds.